The van der Waals surface area contributed by atoms with Crippen LogP contribution in [0.15, 0.2) is 41.1 Å². The molecular formula is C19H25ClN4OS. The van der Waals surface area contributed by atoms with Crippen molar-refractivity contribution in [3.8, 4) is 0 Å². The lowest BCUT2D eigenvalue weighted by Crippen LogP contribution is -2.49. The Hall–Kier alpha value is -1.60. The fourth-order valence-electron chi connectivity index (χ4n) is 3.09. The minimum absolute atomic E-state index is 0.144. The van der Waals surface area contributed by atoms with E-state index in [2.05, 4.69) is 44.3 Å². The molecule has 1 atom stereocenters. The number of hydrogen-bond acceptors (Lipinski definition) is 4. The number of carbonyl (C=O) groups is 1. The molecule has 140 valence electrons. The van der Waals surface area contributed by atoms with Gasteiger partial charge in [0.1, 0.15) is 0 Å². The van der Waals surface area contributed by atoms with Crippen molar-refractivity contribution in [1.82, 2.24) is 20.4 Å². The number of hydrogen-bond donors (Lipinski definition) is 2. The highest BCUT2D eigenvalue weighted by atomic mass is 35.5. The molecule has 0 spiro atoms. The first kappa shape index (κ1) is 19.2. The first-order valence-electron chi connectivity index (χ1n) is 8.82. The van der Waals surface area contributed by atoms with Gasteiger partial charge < -0.3 is 15.5 Å². The van der Waals surface area contributed by atoms with Crippen LogP contribution in [-0.2, 0) is 6.54 Å². The van der Waals surface area contributed by atoms with Crippen LogP contribution < -0.4 is 10.6 Å². The summed E-state index contributed by atoms with van der Waals surface area (Å²) in [6, 6.07) is 9.72. The van der Waals surface area contributed by atoms with Gasteiger partial charge in [-0.15, -0.1) is 0 Å². The maximum absolute atomic E-state index is 12.2. The van der Waals surface area contributed by atoms with Gasteiger partial charge in [-0.2, -0.15) is 11.3 Å². The van der Waals surface area contributed by atoms with Gasteiger partial charge in [-0.3, -0.25) is 4.90 Å². The monoisotopic (exact) mass is 392 g/mol. The van der Waals surface area contributed by atoms with Gasteiger partial charge in [0.15, 0.2) is 0 Å². The number of halogens is 1. The Labute approximate surface area is 163 Å². The van der Waals surface area contributed by atoms with E-state index in [4.69, 9.17) is 11.6 Å². The molecule has 5 nitrogen and oxygen atoms in total. The highest BCUT2D eigenvalue weighted by Gasteiger charge is 2.24. The summed E-state index contributed by atoms with van der Waals surface area (Å²) in [6.07, 6.45) is 0. The van der Waals surface area contributed by atoms with E-state index in [9.17, 15) is 4.79 Å². The molecule has 1 aliphatic rings. The molecule has 3 rings (SSSR count). The van der Waals surface area contributed by atoms with Crippen LogP contribution in [0.4, 0.5) is 4.79 Å². The first-order valence-corrected chi connectivity index (χ1v) is 10.1. The molecule has 1 fully saturated rings. The van der Waals surface area contributed by atoms with E-state index < -0.39 is 0 Å². The third-order valence-electron chi connectivity index (χ3n) is 4.73. The van der Waals surface area contributed by atoms with Crippen molar-refractivity contribution in [1.29, 1.82) is 0 Å². The Morgan fingerprint density at radius 3 is 2.54 bits per heavy atom. The summed E-state index contributed by atoms with van der Waals surface area (Å²) in [5.41, 5.74) is 2.30. The second-order valence-electron chi connectivity index (χ2n) is 6.60. The van der Waals surface area contributed by atoms with Gasteiger partial charge >= 0.3 is 6.03 Å². The fourth-order valence-corrected chi connectivity index (χ4v) is 3.93. The SMILES string of the molecule is CN1CCN([C@H](CNC(=O)NCc2ccc(Cl)cc2)c2ccsc2)CC1. The van der Waals surface area contributed by atoms with E-state index in [-0.39, 0.29) is 12.1 Å². The van der Waals surface area contributed by atoms with Crippen molar-refractivity contribution in [2.45, 2.75) is 12.6 Å². The highest BCUT2D eigenvalue weighted by Crippen LogP contribution is 2.23. The van der Waals surface area contributed by atoms with Crippen molar-refractivity contribution < 1.29 is 4.79 Å². The Morgan fingerprint density at radius 1 is 1.15 bits per heavy atom. The third-order valence-corrected chi connectivity index (χ3v) is 5.68. The predicted octanol–water partition coefficient (Wildman–Crippen LogP) is 3.19. The lowest BCUT2D eigenvalue weighted by atomic mass is 10.1. The van der Waals surface area contributed by atoms with Crippen LogP contribution in [0.1, 0.15) is 17.2 Å². The molecule has 1 aromatic heterocycles. The Bertz CT molecular complexity index is 684. The summed E-state index contributed by atoms with van der Waals surface area (Å²) in [5.74, 6) is 0. The number of benzene rings is 1. The van der Waals surface area contributed by atoms with Gasteiger partial charge in [-0.1, -0.05) is 23.7 Å². The van der Waals surface area contributed by atoms with E-state index in [1.165, 1.54) is 5.56 Å². The van der Waals surface area contributed by atoms with E-state index in [0.717, 1.165) is 31.7 Å². The first-order chi connectivity index (χ1) is 12.6. The largest absolute Gasteiger partial charge is 0.336 e. The highest BCUT2D eigenvalue weighted by molar-refractivity contribution is 7.07. The normalized spacial score (nSPS) is 17.0. The van der Waals surface area contributed by atoms with Gasteiger partial charge in [-0.05, 0) is 47.1 Å². The number of nitrogens with one attached hydrogen (secondary N) is 2. The molecule has 0 aliphatic carbocycles. The van der Waals surface area contributed by atoms with Crippen LogP contribution in [0, 0.1) is 0 Å². The molecule has 0 unspecified atom stereocenters. The van der Waals surface area contributed by atoms with Crippen molar-refractivity contribution in [2.75, 3.05) is 39.8 Å². The van der Waals surface area contributed by atoms with Crippen LogP contribution in [0.3, 0.4) is 0 Å². The molecule has 0 bridgehead atoms. The van der Waals surface area contributed by atoms with Gasteiger partial charge in [0.05, 0.1) is 6.04 Å². The Morgan fingerprint density at radius 2 is 1.88 bits per heavy atom. The van der Waals surface area contributed by atoms with Crippen LogP contribution in [0.5, 0.6) is 0 Å². The van der Waals surface area contributed by atoms with Gasteiger partial charge in [0.25, 0.3) is 0 Å². The minimum atomic E-state index is -0.144. The van der Waals surface area contributed by atoms with Crippen molar-refractivity contribution >= 4 is 29.0 Å². The fraction of sp³-hybridized carbons (Fsp3) is 0.421. The topological polar surface area (TPSA) is 47.6 Å². The standard InChI is InChI=1S/C19H25ClN4OS/c1-23-7-9-24(10-8-23)18(16-6-11-26-14-16)13-22-19(25)21-12-15-2-4-17(20)5-3-15/h2-6,11,14,18H,7-10,12-13H2,1H3,(H2,21,22,25)/t18-/m1/s1. The summed E-state index contributed by atoms with van der Waals surface area (Å²) in [4.78, 5) is 17.0. The molecule has 2 N–H and O–H groups in total. The number of rotatable bonds is 6. The second kappa shape index (κ2) is 9.37. The molecule has 0 radical (unpaired) electrons. The van der Waals surface area contributed by atoms with Crippen LogP contribution in [0.25, 0.3) is 0 Å². The lowest BCUT2D eigenvalue weighted by Gasteiger charge is -2.38. The van der Waals surface area contributed by atoms with Crippen LogP contribution in [-0.4, -0.2) is 55.6 Å². The average molecular weight is 393 g/mol. The zero-order valence-electron chi connectivity index (χ0n) is 15.0. The molecule has 2 heterocycles. The van der Waals surface area contributed by atoms with E-state index in [0.29, 0.717) is 18.1 Å². The Kier molecular flexibility index (Phi) is 6.91. The van der Waals surface area contributed by atoms with Gasteiger partial charge in [-0.25, -0.2) is 4.79 Å². The number of carbonyl (C=O) groups excluding carboxylic acids is 1. The molecule has 1 aliphatic heterocycles. The zero-order chi connectivity index (χ0) is 18.4. The molecule has 1 aromatic carbocycles. The number of thiophene rings is 1. The summed E-state index contributed by atoms with van der Waals surface area (Å²) in [6.45, 7) is 5.25. The second-order valence-corrected chi connectivity index (χ2v) is 7.82. The number of likely N-dealkylation sites (N-methyl/N-ethyl adjacent to an activating group) is 1. The molecule has 2 amide bonds. The zero-order valence-corrected chi connectivity index (χ0v) is 16.5. The summed E-state index contributed by atoms with van der Waals surface area (Å²) in [5, 5.41) is 10.9. The quantitative estimate of drug-likeness (QED) is 0.793. The molecular weight excluding hydrogens is 368 g/mol. The third kappa shape index (κ3) is 5.45. The maximum atomic E-state index is 12.2. The Balaban J connectivity index is 1.52. The lowest BCUT2D eigenvalue weighted by molar-refractivity contribution is 0.111. The van der Waals surface area contributed by atoms with Crippen LogP contribution in [0.2, 0.25) is 5.02 Å². The van der Waals surface area contributed by atoms with Gasteiger partial charge in [0, 0.05) is 44.3 Å². The molecule has 0 saturated carbocycles. The smallest absolute Gasteiger partial charge is 0.315 e. The van der Waals surface area contributed by atoms with Crippen LogP contribution >= 0.6 is 22.9 Å². The number of piperazine rings is 1. The van der Waals surface area contributed by atoms with Gasteiger partial charge in [0.2, 0.25) is 0 Å². The van der Waals surface area contributed by atoms with Crippen molar-refractivity contribution in [3.63, 3.8) is 0 Å². The average Bonchev–Trinajstić information content (AvgIpc) is 3.17. The summed E-state index contributed by atoms with van der Waals surface area (Å²) in [7, 11) is 2.15. The molecule has 2 aromatic rings. The van der Waals surface area contributed by atoms with E-state index >= 15 is 0 Å². The molecule has 26 heavy (non-hydrogen) atoms. The molecule has 1 saturated heterocycles. The predicted molar refractivity (Wildman–Crippen MR) is 108 cm³/mol. The maximum Gasteiger partial charge on any atom is 0.315 e. The number of nitrogens with zero attached hydrogens (tertiary/aromatic N) is 2. The van der Waals surface area contributed by atoms with Crippen molar-refractivity contribution in [2.24, 2.45) is 0 Å². The van der Waals surface area contributed by atoms with E-state index in [1.54, 1.807) is 11.3 Å². The minimum Gasteiger partial charge on any atom is -0.336 e. The van der Waals surface area contributed by atoms with Crippen molar-refractivity contribution in [3.05, 3.63) is 57.2 Å². The number of urea groups is 1. The number of amides is 2. The summed E-state index contributed by atoms with van der Waals surface area (Å²) < 4.78 is 0. The summed E-state index contributed by atoms with van der Waals surface area (Å²) >= 11 is 7.58. The van der Waals surface area contributed by atoms with E-state index in [1.807, 2.05) is 24.3 Å². The molecule has 7 heteroatoms.